The number of aromatic nitrogens is 5. The molecular weight excluding hydrogens is 418 g/mol. The predicted octanol–water partition coefficient (Wildman–Crippen LogP) is 5.39. The Balaban J connectivity index is 1.29. The fraction of sp³-hybridized carbons (Fsp3) is 0.160. The largest absolute Gasteiger partial charge is 0.438 e. The molecule has 0 saturated carbocycles. The average molecular weight is 437 g/mol. The van der Waals surface area contributed by atoms with Crippen LogP contribution in [0.1, 0.15) is 24.8 Å². The van der Waals surface area contributed by atoms with Gasteiger partial charge < -0.3 is 14.0 Å². The van der Waals surface area contributed by atoms with E-state index in [4.69, 9.17) is 14.0 Å². The van der Waals surface area contributed by atoms with Crippen molar-refractivity contribution in [2.75, 3.05) is 6.61 Å². The molecule has 0 N–H and O–H groups in total. The molecule has 1 aliphatic heterocycles. The van der Waals surface area contributed by atoms with Crippen molar-refractivity contribution in [1.82, 2.24) is 25.1 Å². The summed E-state index contributed by atoms with van der Waals surface area (Å²) in [6.07, 6.45) is 5.25. The van der Waals surface area contributed by atoms with Crippen molar-refractivity contribution in [3.05, 3.63) is 78.9 Å². The van der Waals surface area contributed by atoms with E-state index in [1.54, 1.807) is 12.4 Å². The van der Waals surface area contributed by atoms with Crippen molar-refractivity contribution in [2.24, 2.45) is 0 Å². The number of pyridine rings is 1. The van der Waals surface area contributed by atoms with Gasteiger partial charge in [-0.05, 0) is 61.4 Å². The molecule has 2 aromatic carbocycles. The van der Waals surface area contributed by atoms with Crippen LogP contribution in [0.3, 0.4) is 0 Å². The summed E-state index contributed by atoms with van der Waals surface area (Å²) in [5, 5.41) is 4.93. The van der Waals surface area contributed by atoms with Gasteiger partial charge >= 0.3 is 0 Å². The monoisotopic (exact) mass is 437 g/mol. The van der Waals surface area contributed by atoms with Crippen LogP contribution in [0.15, 0.2) is 77.6 Å². The van der Waals surface area contributed by atoms with Gasteiger partial charge in [-0.1, -0.05) is 17.3 Å². The molecule has 5 aromatic rings. The van der Waals surface area contributed by atoms with E-state index in [0.717, 1.165) is 41.5 Å². The van der Waals surface area contributed by atoms with E-state index in [0.29, 0.717) is 29.2 Å². The van der Waals surface area contributed by atoms with Crippen LogP contribution in [0, 0.1) is 0 Å². The Morgan fingerprint density at radius 3 is 2.45 bits per heavy atom. The van der Waals surface area contributed by atoms with Gasteiger partial charge in [-0.25, -0.2) is 4.98 Å². The van der Waals surface area contributed by atoms with E-state index < -0.39 is 0 Å². The van der Waals surface area contributed by atoms with Gasteiger partial charge in [-0.2, -0.15) is 9.97 Å². The normalized spacial score (nSPS) is 15.7. The summed E-state index contributed by atoms with van der Waals surface area (Å²) < 4.78 is 17.2. The van der Waals surface area contributed by atoms with Gasteiger partial charge in [0, 0.05) is 30.1 Å². The molecule has 8 nitrogen and oxygen atoms in total. The number of ether oxygens (including phenoxy) is 2. The fourth-order valence-electron chi connectivity index (χ4n) is 3.79. The molecule has 1 saturated heterocycles. The molecule has 1 unspecified atom stereocenters. The molecule has 0 spiro atoms. The average Bonchev–Trinajstić information content (AvgIpc) is 3.58. The number of hydrogen-bond acceptors (Lipinski definition) is 8. The minimum atomic E-state index is -0.102. The summed E-state index contributed by atoms with van der Waals surface area (Å²) in [7, 11) is 0. The third-order valence-electron chi connectivity index (χ3n) is 5.48. The number of rotatable bonds is 5. The highest BCUT2D eigenvalue weighted by Crippen LogP contribution is 2.32. The van der Waals surface area contributed by atoms with Crippen LogP contribution in [-0.2, 0) is 4.74 Å². The minimum Gasteiger partial charge on any atom is -0.438 e. The zero-order valence-electron chi connectivity index (χ0n) is 17.6. The summed E-state index contributed by atoms with van der Waals surface area (Å²) in [6, 6.07) is 19.0. The summed E-state index contributed by atoms with van der Waals surface area (Å²) in [4.78, 5) is 17.9. The molecule has 1 atom stereocenters. The molecule has 0 amide bonds. The van der Waals surface area contributed by atoms with Gasteiger partial charge in [-0.3, -0.25) is 4.98 Å². The zero-order chi connectivity index (χ0) is 22.0. The van der Waals surface area contributed by atoms with Gasteiger partial charge in [0.25, 0.3) is 5.89 Å². The van der Waals surface area contributed by atoms with Crippen molar-refractivity contribution in [1.29, 1.82) is 0 Å². The van der Waals surface area contributed by atoms with Gasteiger partial charge in [0.1, 0.15) is 11.9 Å². The molecule has 8 heteroatoms. The lowest BCUT2D eigenvalue weighted by molar-refractivity contribution is 0.0835. The van der Waals surface area contributed by atoms with E-state index in [1.165, 1.54) is 0 Å². The second kappa shape index (κ2) is 8.40. The number of fused-ring (bicyclic) bond motifs is 1. The van der Waals surface area contributed by atoms with Crippen LogP contribution >= 0.6 is 0 Å². The van der Waals surface area contributed by atoms with E-state index in [-0.39, 0.29) is 6.10 Å². The van der Waals surface area contributed by atoms with Gasteiger partial charge in [-0.15, -0.1) is 0 Å². The smallest absolute Gasteiger partial charge is 0.256 e. The van der Waals surface area contributed by atoms with Crippen molar-refractivity contribution >= 4 is 10.9 Å². The summed E-state index contributed by atoms with van der Waals surface area (Å²) >= 11 is 0. The third-order valence-corrected chi connectivity index (χ3v) is 5.48. The molecular formula is C25H19N5O3. The van der Waals surface area contributed by atoms with Crippen molar-refractivity contribution in [2.45, 2.75) is 18.9 Å². The molecule has 1 fully saturated rings. The summed E-state index contributed by atoms with van der Waals surface area (Å²) in [5.41, 5.74) is 2.51. The zero-order valence-corrected chi connectivity index (χ0v) is 17.6. The molecule has 162 valence electrons. The molecule has 6 rings (SSSR count). The highest BCUT2D eigenvalue weighted by molar-refractivity contribution is 5.85. The quantitative estimate of drug-likeness (QED) is 0.361. The number of benzene rings is 2. The molecule has 0 aliphatic carbocycles. The Labute approximate surface area is 189 Å². The Hall–Kier alpha value is -4.17. The first kappa shape index (κ1) is 19.5. The Morgan fingerprint density at radius 1 is 0.818 bits per heavy atom. The van der Waals surface area contributed by atoms with E-state index >= 15 is 0 Å². The Morgan fingerprint density at radius 2 is 1.64 bits per heavy atom. The molecule has 0 bridgehead atoms. The first-order valence-electron chi connectivity index (χ1n) is 10.7. The molecule has 1 aliphatic rings. The van der Waals surface area contributed by atoms with Crippen molar-refractivity contribution < 1.29 is 14.0 Å². The van der Waals surface area contributed by atoms with Gasteiger partial charge in [0.05, 0.1) is 10.9 Å². The maximum absolute atomic E-state index is 6.18. The SMILES string of the molecule is c1ccc2c(Oc3ccc(-c4noc(C5CCCO5)n4)cc3)nc(-c3ccncc3)nc2c1. The van der Waals surface area contributed by atoms with Crippen molar-refractivity contribution in [3.63, 3.8) is 0 Å². The maximum atomic E-state index is 6.18. The van der Waals surface area contributed by atoms with E-state index in [2.05, 4.69) is 25.1 Å². The highest BCUT2D eigenvalue weighted by atomic mass is 16.5. The van der Waals surface area contributed by atoms with E-state index in [9.17, 15) is 0 Å². The van der Waals surface area contributed by atoms with Crippen LogP contribution in [-0.4, -0.2) is 31.7 Å². The Bertz CT molecular complexity index is 1400. The third kappa shape index (κ3) is 3.92. The first-order chi connectivity index (χ1) is 16.3. The molecule has 33 heavy (non-hydrogen) atoms. The summed E-state index contributed by atoms with van der Waals surface area (Å²) in [6.45, 7) is 0.731. The molecule has 3 aromatic heterocycles. The molecule has 4 heterocycles. The number of hydrogen-bond donors (Lipinski definition) is 0. The molecule has 0 radical (unpaired) electrons. The standard InChI is InChI=1S/C25H19N5O3/c1-2-5-20-19(4-1)24(28-22(27-20)17-11-13-26-14-12-17)32-18-9-7-16(8-10-18)23-29-25(33-30-23)21-6-3-15-31-21/h1-2,4-5,7-14,21H,3,6,15H2. The second-order valence-corrected chi connectivity index (χ2v) is 7.69. The van der Waals surface area contributed by atoms with Crippen LogP contribution in [0.2, 0.25) is 0 Å². The minimum absolute atomic E-state index is 0.102. The maximum Gasteiger partial charge on any atom is 0.256 e. The van der Waals surface area contributed by atoms with Crippen LogP contribution in [0.4, 0.5) is 0 Å². The van der Waals surface area contributed by atoms with Crippen LogP contribution in [0.5, 0.6) is 11.6 Å². The fourth-order valence-corrected chi connectivity index (χ4v) is 3.79. The van der Waals surface area contributed by atoms with Crippen molar-refractivity contribution in [3.8, 4) is 34.4 Å². The van der Waals surface area contributed by atoms with Gasteiger partial charge in [0.2, 0.25) is 11.7 Å². The number of para-hydroxylation sites is 1. The lowest BCUT2D eigenvalue weighted by Crippen LogP contribution is -1.96. The van der Waals surface area contributed by atoms with Crippen LogP contribution < -0.4 is 4.74 Å². The first-order valence-corrected chi connectivity index (χ1v) is 10.7. The lowest BCUT2D eigenvalue weighted by Gasteiger charge is -2.10. The predicted molar refractivity (Wildman–Crippen MR) is 121 cm³/mol. The lowest BCUT2D eigenvalue weighted by atomic mass is 10.2. The second-order valence-electron chi connectivity index (χ2n) is 7.69. The number of nitrogens with zero attached hydrogens (tertiary/aromatic N) is 5. The van der Waals surface area contributed by atoms with E-state index in [1.807, 2.05) is 60.7 Å². The summed E-state index contributed by atoms with van der Waals surface area (Å²) in [5.74, 6) is 2.76. The highest BCUT2D eigenvalue weighted by Gasteiger charge is 2.24. The van der Waals surface area contributed by atoms with Crippen LogP contribution in [0.25, 0.3) is 33.7 Å². The topological polar surface area (TPSA) is 96.1 Å². The van der Waals surface area contributed by atoms with Gasteiger partial charge in [0.15, 0.2) is 5.82 Å². The Kier molecular flexibility index (Phi) is 4.97.